The van der Waals surface area contributed by atoms with Gasteiger partial charge in [-0.15, -0.1) is 0 Å². The molecule has 1 aliphatic carbocycles. The van der Waals surface area contributed by atoms with Crippen LogP contribution in [0.4, 0.5) is 26.0 Å². The van der Waals surface area contributed by atoms with E-state index in [2.05, 4.69) is 40.8 Å². The Hall–Kier alpha value is -5.79. The van der Waals surface area contributed by atoms with E-state index in [-0.39, 0.29) is 60.1 Å². The van der Waals surface area contributed by atoms with Crippen LogP contribution in [0.3, 0.4) is 0 Å². The van der Waals surface area contributed by atoms with Crippen molar-refractivity contribution < 1.29 is 37.1 Å². The van der Waals surface area contributed by atoms with E-state index in [0.717, 1.165) is 82.6 Å². The number of benzene rings is 1. The monoisotopic (exact) mass is 839 g/mol. The molecule has 61 heavy (non-hydrogen) atoms. The van der Waals surface area contributed by atoms with E-state index in [4.69, 9.17) is 14.1 Å². The number of nitrogens with zero attached hydrogens (tertiary/aromatic N) is 8. The first kappa shape index (κ1) is 39.4. The zero-order chi connectivity index (χ0) is 41.8. The van der Waals surface area contributed by atoms with Crippen molar-refractivity contribution in [3.63, 3.8) is 0 Å². The lowest BCUT2D eigenvalue weighted by molar-refractivity contribution is -0.134. The number of aromatic nitrogens is 5. The van der Waals surface area contributed by atoms with Gasteiger partial charge in [-0.3, -0.25) is 34.1 Å². The summed E-state index contributed by atoms with van der Waals surface area (Å²) >= 11 is 0. The molecule has 4 aliphatic heterocycles. The van der Waals surface area contributed by atoms with Crippen molar-refractivity contribution in [3.8, 4) is 0 Å². The number of imide groups is 1. The molecule has 17 nitrogen and oxygen atoms in total. The number of carbonyl (C=O) groups is 4. The van der Waals surface area contributed by atoms with Crippen molar-refractivity contribution in [3.05, 3.63) is 65.9 Å². The van der Waals surface area contributed by atoms with Crippen LogP contribution >= 0.6 is 0 Å². The Labute approximate surface area is 348 Å². The number of piperazine rings is 1. The highest BCUT2D eigenvalue weighted by Gasteiger charge is 2.40. The van der Waals surface area contributed by atoms with Crippen molar-refractivity contribution in [1.29, 1.82) is 0 Å². The number of halogens is 2. The van der Waals surface area contributed by atoms with E-state index >= 15 is 0 Å². The highest BCUT2D eigenvalue weighted by molar-refractivity contribution is 6.08. The summed E-state index contributed by atoms with van der Waals surface area (Å²) in [4.78, 5) is 62.3. The minimum atomic E-state index is -2.87. The molecule has 320 valence electrons. The molecule has 1 aromatic carbocycles. The lowest BCUT2D eigenvalue weighted by Crippen LogP contribution is -2.49. The number of para-hydroxylation sites is 1. The SMILES string of the molecule is O=C1CC[C@H](c2coc3c(NC(=O)CN4CCN(CC5CCC(n6cc(NC(=O)c7cnn8ccc(N9C[C@H]%10C[C@@H]9CO%10)nc78)c(C(F)F)n6)CC5)CC4)cccc23)C(=O)N1. The van der Waals surface area contributed by atoms with Crippen LogP contribution in [-0.2, 0) is 19.1 Å². The highest BCUT2D eigenvalue weighted by atomic mass is 19.3. The molecule has 4 saturated heterocycles. The Kier molecular flexibility index (Phi) is 10.5. The molecule has 3 N–H and O–H groups in total. The van der Waals surface area contributed by atoms with E-state index in [1.165, 1.54) is 23.2 Å². The van der Waals surface area contributed by atoms with Gasteiger partial charge in [-0.1, -0.05) is 12.1 Å². The van der Waals surface area contributed by atoms with E-state index in [9.17, 15) is 28.0 Å². The summed E-state index contributed by atoms with van der Waals surface area (Å²) in [6, 6.07) is 7.47. The first-order valence-electron chi connectivity index (χ1n) is 21.1. The number of morpholine rings is 1. The van der Waals surface area contributed by atoms with Gasteiger partial charge < -0.3 is 29.6 Å². The standard InChI is InChI=1S/C42H47F2N11O6/c43-39(44)37-33(47-42(59)30-17-45-54-11-10-34(48-40(30)54)53-19-27-16-26(53)22-60-27)20-55(50-37)25-6-4-24(5-7-25)18-51-12-14-52(15-13-51)21-36(57)46-32-3-1-2-28-31(23-61-38(28)32)29-8-9-35(56)49-41(29)58/h1-3,10-11,17,20,23-27,29,39H,4-9,12-16,18-19,21-22H2,(H,46,57)(H,47,59)(H,49,56,58)/t24?,25?,26-,27-,29-/m1/s1. The van der Waals surface area contributed by atoms with Crippen molar-refractivity contribution in [2.24, 2.45) is 5.92 Å². The predicted octanol–water partition coefficient (Wildman–Crippen LogP) is 4.35. The second-order valence-corrected chi connectivity index (χ2v) is 16.9. The van der Waals surface area contributed by atoms with Crippen LogP contribution in [0.5, 0.6) is 0 Å². The molecule has 1 saturated carbocycles. The number of piperidine rings is 1. The molecule has 5 aromatic rings. The largest absolute Gasteiger partial charge is 0.462 e. The van der Waals surface area contributed by atoms with Crippen LogP contribution in [0.2, 0.25) is 0 Å². The topological polar surface area (TPSA) is 184 Å². The fraction of sp³-hybridized carbons (Fsp3) is 0.500. The molecule has 4 amide bonds. The predicted molar refractivity (Wildman–Crippen MR) is 217 cm³/mol. The zero-order valence-electron chi connectivity index (χ0n) is 33.5. The third kappa shape index (κ3) is 7.85. The van der Waals surface area contributed by atoms with E-state index in [1.54, 1.807) is 16.9 Å². The summed E-state index contributed by atoms with van der Waals surface area (Å²) in [5.41, 5.74) is 1.78. The number of nitrogens with one attached hydrogen (secondary N) is 3. The Morgan fingerprint density at radius 3 is 2.54 bits per heavy atom. The lowest BCUT2D eigenvalue weighted by atomic mass is 9.85. The molecule has 19 heteroatoms. The Balaban J connectivity index is 0.699. The van der Waals surface area contributed by atoms with Gasteiger partial charge >= 0.3 is 0 Å². The number of ether oxygens (including phenoxy) is 1. The third-order valence-corrected chi connectivity index (χ3v) is 13.1. The fourth-order valence-electron chi connectivity index (χ4n) is 9.82. The first-order chi connectivity index (χ1) is 29.6. The molecule has 3 atom stereocenters. The minimum Gasteiger partial charge on any atom is -0.462 e. The van der Waals surface area contributed by atoms with Gasteiger partial charge in [0.2, 0.25) is 17.7 Å². The number of carbonyl (C=O) groups excluding carboxylic acids is 4. The van der Waals surface area contributed by atoms with Gasteiger partial charge in [-0.2, -0.15) is 10.2 Å². The Morgan fingerprint density at radius 1 is 0.967 bits per heavy atom. The third-order valence-electron chi connectivity index (χ3n) is 13.1. The summed E-state index contributed by atoms with van der Waals surface area (Å²) in [5.74, 6) is -0.666. The number of fused-ring (bicyclic) bond motifs is 4. The van der Waals surface area contributed by atoms with Crippen LogP contribution in [0, 0.1) is 5.92 Å². The molecule has 0 radical (unpaired) electrons. The van der Waals surface area contributed by atoms with Crippen LogP contribution < -0.4 is 20.9 Å². The van der Waals surface area contributed by atoms with Gasteiger partial charge in [0.05, 0.1) is 61.1 Å². The molecular weight excluding hydrogens is 793 g/mol. The second-order valence-electron chi connectivity index (χ2n) is 16.9. The van der Waals surface area contributed by atoms with Gasteiger partial charge in [-0.25, -0.2) is 18.3 Å². The van der Waals surface area contributed by atoms with Crippen LogP contribution in [0.1, 0.15) is 84.9 Å². The average molecular weight is 840 g/mol. The van der Waals surface area contributed by atoms with Crippen molar-refractivity contribution in [2.45, 2.75) is 75.5 Å². The van der Waals surface area contributed by atoms with Gasteiger partial charge in [0.1, 0.15) is 11.4 Å². The highest BCUT2D eigenvalue weighted by Crippen LogP contribution is 2.38. The Morgan fingerprint density at radius 2 is 1.79 bits per heavy atom. The van der Waals surface area contributed by atoms with E-state index in [0.29, 0.717) is 41.4 Å². The minimum absolute atomic E-state index is 0.0184. The van der Waals surface area contributed by atoms with E-state index < -0.39 is 23.9 Å². The van der Waals surface area contributed by atoms with Gasteiger partial charge in [0, 0.05) is 69.0 Å². The molecule has 0 spiro atoms. The van der Waals surface area contributed by atoms with Crippen molar-refractivity contribution >= 4 is 57.4 Å². The van der Waals surface area contributed by atoms with E-state index in [1.807, 2.05) is 18.2 Å². The Bertz CT molecular complexity index is 2490. The lowest BCUT2D eigenvalue weighted by Gasteiger charge is -2.38. The van der Waals surface area contributed by atoms with Crippen molar-refractivity contribution in [1.82, 2.24) is 39.5 Å². The van der Waals surface area contributed by atoms with Crippen molar-refractivity contribution in [2.75, 3.05) is 68.0 Å². The average Bonchev–Trinajstić information content (AvgIpc) is 4.11. The number of rotatable bonds is 11. The van der Waals surface area contributed by atoms with Crippen LogP contribution in [0.25, 0.3) is 16.6 Å². The quantitative estimate of drug-likeness (QED) is 0.160. The summed E-state index contributed by atoms with van der Waals surface area (Å²) < 4.78 is 43.2. The number of amides is 4. The molecule has 8 heterocycles. The molecule has 4 aromatic heterocycles. The molecule has 2 bridgehead atoms. The number of alkyl halides is 2. The molecule has 0 unspecified atom stereocenters. The number of anilines is 3. The maximum Gasteiger partial charge on any atom is 0.284 e. The number of hydrogen-bond acceptors (Lipinski definition) is 12. The summed E-state index contributed by atoms with van der Waals surface area (Å²) in [6.45, 7) is 5.67. The molecule has 5 fully saturated rings. The second kappa shape index (κ2) is 16.2. The summed E-state index contributed by atoms with van der Waals surface area (Å²) in [6.07, 6.45) is 8.54. The van der Waals surface area contributed by atoms with Gasteiger partial charge in [0.25, 0.3) is 12.3 Å². The summed E-state index contributed by atoms with van der Waals surface area (Å²) in [5, 5.41) is 17.4. The zero-order valence-corrected chi connectivity index (χ0v) is 33.5. The normalized spacial score (nSPS) is 24.9. The first-order valence-corrected chi connectivity index (χ1v) is 21.1. The fourth-order valence-corrected chi connectivity index (χ4v) is 9.82. The molecular formula is C42H47F2N11O6. The summed E-state index contributed by atoms with van der Waals surface area (Å²) in [7, 11) is 0. The maximum atomic E-state index is 14.3. The smallest absolute Gasteiger partial charge is 0.284 e. The van der Waals surface area contributed by atoms with Gasteiger partial charge in [0.15, 0.2) is 16.9 Å². The van der Waals surface area contributed by atoms with Crippen LogP contribution in [-0.4, -0.2) is 122 Å². The van der Waals surface area contributed by atoms with Gasteiger partial charge in [-0.05, 0) is 56.6 Å². The number of hydrogen-bond donors (Lipinski definition) is 3. The maximum absolute atomic E-state index is 14.3. The number of furan rings is 1. The molecule has 5 aliphatic rings. The van der Waals surface area contributed by atoms with Crippen LogP contribution in [0.15, 0.2) is 53.5 Å². The molecule has 10 rings (SSSR count).